The summed E-state index contributed by atoms with van der Waals surface area (Å²) < 4.78 is 22.3. The molecule has 1 atom stereocenters. The van der Waals surface area contributed by atoms with Crippen LogP contribution in [0.4, 0.5) is 4.39 Å². The molecule has 1 saturated heterocycles. The summed E-state index contributed by atoms with van der Waals surface area (Å²) in [6.45, 7) is 3.00. The number of fused-ring (bicyclic) bond motifs is 1. The number of hydrogen-bond acceptors (Lipinski definition) is 6. The van der Waals surface area contributed by atoms with E-state index in [1.807, 2.05) is 6.92 Å². The Kier molecular flexibility index (Phi) is 5.23. The number of halogens is 1. The average Bonchev–Trinajstić information content (AvgIpc) is 3.69. The molecule has 2 amide bonds. The molecule has 2 saturated carbocycles. The van der Waals surface area contributed by atoms with Crippen molar-refractivity contribution in [3.05, 3.63) is 33.8 Å². The van der Waals surface area contributed by atoms with Gasteiger partial charge >= 0.3 is 0 Å². The first-order valence-corrected chi connectivity index (χ1v) is 11.2. The van der Waals surface area contributed by atoms with E-state index in [9.17, 15) is 23.9 Å². The molecule has 0 bridgehead atoms. The van der Waals surface area contributed by atoms with Gasteiger partial charge in [0.05, 0.1) is 32.0 Å². The van der Waals surface area contributed by atoms with Gasteiger partial charge in [0.1, 0.15) is 11.3 Å². The van der Waals surface area contributed by atoms with Crippen LogP contribution < -0.4 is 10.9 Å². The first-order valence-electron chi connectivity index (χ1n) is 11.2. The van der Waals surface area contributed by atoms with E-state index >= 15 is 0 Å². The number of ether oxygens (including phenoxy) is 1. The van der Waals surface area contributed by atoms with Crippen LogP contribution in [0.2, 0.25) is 0 Å². The van der Waals surface area contributed by atoms with Crippen molar-refractivity contribution in [2.75, 3.05) is 19.8 Å². The Morgan fingerprint density at radius 1 is 1.39 bits per heavy atom. The number of aromatic nitrogens is 3. The monoisotopic (exact) mass is 459 g/mol. The Morgan fingerprint density at radius 2 is 2.15 bits per heavy atom. The number of nitrogens with zero attached hydrogens (tertiary/aromatic N) is 4. The number of amides is 2. The smallest absolute Gasteiger partial charge is 0.270 e. The zero-order valence-electron chi connectivity index (χ0n) is 18.3. The van der Waals surface area contributed by atoms with E-state index < -0.39 is 28.6 Å². The summed E-state index contributed by atoms with van der Waals surface area (Å²) >= 11 is 0. The maximum Gasteiger partial charge on any atom is 0.270 e. The Morgan fingerprint density at radius 3 is 2.82 bits per heavy atom. The van der Waals surface area contributed by atoms with Gasteiger partial charge in [-0.05, 0) is 38.7 Å². The van der Waals surface area contributed by atoms with Crippen molar-refractivity contribution in [1.82, 2.24) is 24.4 Å². The maximum atomic E-state index is 14.7. The maximum absolute atomic E-state index is 14.7. The molecule has 2 aromatic rings. The van der Waals surface area contributed by atoms with Crippen LogP contribution in [0.25, 0.3) is 11.7 Å². The SMILES string of the molecule is C[C@H]1COCCN1C(=O)/C=C/c1cnn2c(O)c(C(=O)NC3CC3)c(=O)n(CC3(F)CC3)c12. The highest BCUT2D eigenvalue weighted by Crippen LogP contribution is 2.41. The van der Waals surface area contributed by atoms with Gasteiger partial charge in [0, 0.05) is 24.2 Å². The minimum absolute atomic E-state index is 0.0268. The minimum Gasteiger partial charge on any atom is -0.492 e. The second kappa shape index (κ2) is 7.98. The van der Waals surface area contributed by atoms with Crippen LogP contribution in [0.5, 0.6) is 5.88 Å². The molecule has 3 aliphatic rings. The molecule has 3 heterocycles. The molecule has 10 nitrogen and oxygen atoms in total. The molecule has 0 radical (unpaired) electrons. The van der Waals surface area contributed by atoms with E-state index in [0.29, 0.717) is 38.2 Å². The van der Waals surface area contributed by atoms with Crippen molar-refractivity contribution >= 4 is 23.5 Å². The molecule has 5 rings (SSSR count). The molecule has 2 aliphatic carbocycles. The van der Waals surface area contributed by atoms with Gasteiger partial charge in [-0.3, -0.25) is 19.0 Å². The summed E-state index contributed by atoms with van der Waals surface area (Å²) in [6.07, 6.45) is 6.46. The average molecular weight is 459 g/mol. The topological polar surface area (TPSA) is 118 Å². The Bertz CT molecular complexity index is 1210. The Balaban J connectivity index is 1.55. The fourth-order valence-electron chi connectivity index (χ4n) is 4.05. The summed E-state index contributed by atoms with van der Waals surface area (Å²) in [4.78, 5) is 40.3. The summed E-state index contributed by atoms with van der Waals surface area (Å²) in [5.74, 6) is -1.54. The molecule has 176 valence electrons. The van der Waals surface area contributed by atoms with Crippen LogP contribution in [-0.2, 0) is 16.1 Å². The lowest BCUT2D eigenvalue weighted by Crippen LogP contribution is -2.46. The number of alkyl halides is 1. The largest absolute Gasteiger partial charge is 0.492 e. The highest BCUT2D eigenvalue weighted by molar-refractivity contribution is 5.97. The fourth-order valence-corrected chi connectivity index (χ4v) is 4.05. The molecule has 33 heavy (non-hydrogen) atoms. The molecule has 2 aromatic heterocycles. The lowest BCUT2D eigenvalue weighted by atomic mass is 10.2. The second-order valence-corrected chi connectivity index (χ2v) is 9.11. The van der Waals surface area contributed by atoms with E-state index in [-0.39, 0.29) is 30.2 Å². The van der Waals surface area contributed by atoms with Crippen LogP contribution in [0.1, 0.15) is 48.5 Å². The van der Waals surface area contributed by atoms with Crippen molar-refractivity contribution < 1.29 is 23.8 Å². The zero-order chi connectivity index (χ0) is 23.3. The van der Waals surface area contributed by atoms with E-state index in [4.69, 9.17) is 4.74 Å². The van der Waals surface area contributed by atoms with Crippen LogP contribution >= 0.6 is 0 Å². The number of rotatable bonds is 6. The standard InChI is InChI=1S/C22H26FN5O5/c1-13-11-33-9-8-26(13)16(29)5-2-14-10-24-28-19(14)27(12-22(23)6-7-22)20(31)17(21(28)32)18(30)25-15-3-4-15/h2,5,10,13,15,32H,3-4,6-9,11-12H2,1H3,(H,25,30)/b5-2+/t13-/m0/s1. The van der Waals surface area contributed by atoms with Gasteiger partial charge in [-0.15, -0.1) is 0 Å². The lowest BCUT2D eigenvalue weighted by Gasteiger charge is -2.32. The van der Waals surface area contributed by atoms with Gasteiger partial charge in [-0.25, -0.2) is 4.39 Å². The van der Waals surface area contributed by atoms with Crippen molar-refractivity contribution in [2.24, 2.45) is 0 Å². The molecule has 1 aliphatic heterocycles. The third-order valence-corrected chi connectivity index (χ3v) is 6.34. The number of aromatic hydroxyl groups is 1. The number of nitrogens with one attached hydrogen (secondary N) is 1. The molecular weight excluding hydrogens is 433 g/mol. The fraction of sp³-hybridized carbons (Fsp3) is 0.545. The molecule has 0 spiro atoms. The van der Waals surface area contributed by atoms with Gasteiger partial charge < -0.3 is 20.1 Å². The third kappa shape index (κ3) is 4.12. The summed E-state index contributed by atoms with van der Waals surface area (Å²) in [6, 6.07) is -0.100. The molecule has 2 N–H and O–H groups in total. The number of hydrogen-bond donors (Lipinski definition) is 2. The van der Waals surface area contributed by atoms with Crippen LogP contribution in [0.15, 0.2) is 17.1 Å². The molecular formula is C22H26FN5O5. The first kappa shape index (κ1) is 21.6. The molecule has 3 fully saturated rings. The van der Waals surface area contributed by atoms with Gasteiger partial charge in [-0.2, -0.15) is 9.61 Å². The van der Waals surface area contributed by atoms with Gasteiger partial charge in [0.2, 0.25) is 11.8 Å². The van der Waals surface area contributed by atoms with Crippen LogP contribution in [0.3, 0.4) is 0 Å². The normalized spacial score (nSPS) is 22.1. The molecule has 0 unspecified atom stereocenters. The predicted molar refractivity (Wildman–Crippen MR) is 116 cm³/mol. The van der Waals surface area contributed by atoms with Gasteiger partial charge in [0.15, 0.2) is 5.56 Å². The van der Waals surface area contributed by atoms with Crippen LogP contribution in [0, 0.1) is 0 Å². The van der Waals surface area contributed by atoms with Crippen molar-refractivity contribution in [1.29, 1.82) is 0 Å². The minimum atomic E-state index is -1.55. The third-order valence-electron chi connectivity index (χ3n) is 6.34. The highest BCUT2D eigenvalue weighted by atomic mass is 19.1. The number of morpholine rings is 1. The van der Waals surface area contributed by atoms with Crippen molar-refractivity contribution in [3.8, 4) is 5.88 Å². The van der Waals surface area contributed by atoms with Gasteiger partial charge in [-0.1, -0.05) is 0 Å². The van der Waals surface area contributed by atoms with Gasteiger partial charge in [0.25, 0.3) is 11.5 Å². The van der Waals surface area contributed by atoms with Crippen LogP contribution in [-0.4, -0.2) is 73.5 Å². The van der Waals surface area contributed by atoms with Crippen molar-refractivity contribution in [3.63, 3.8) is 0 Å². The van der Waals surface area contributed by atoms with E-state index in [1.54, 1.807) is 4.90 Å². The molecule has 0 aromatic carbocycles. The van der Waals surface area contributed by atoms with E-state index in [0.717, 1.165) is 21.9 Å². The highest BCUT2D eigenvalue weighted by Gasteiger charge is 2.45. The zero-order valence-corrected chi connectivity index (χ0v) is 18.3. The number of carbonyl (C=O) groups excluding carboxylic acids is 2. The van der Waals surface area contributed by atoms with E-state index in [1.165, 1.54) is 18.3 Å². The molecule has 11 heteroatoms. The summed E-state index contributed by atoms with van der Waals surface area (Å²) in [7, 11) is 0. The summed E-state index contributed by atoms with van der Waals surface area (Å²) in [5.41, 5.74) is -2.31. The summed E-state index contributed by atoms with van der Waals surface area (Å²) in [5, 5.41) is 17.5. The van der Waals surface area contributed by atoms with Crippen molar-refractivity contribution in [2.45, 2.75) is 56.9 Å². The second-order valence-electron chi connectivity index (χ2n) is 9.11. The Labute approximate surface area is 188 Å². The first-order chi connectivity index (χ1) is 15.8. The number of carbonyl (C=O) groups is 2. The predicted octanol–water partition coefficient (Wildman–Crippen LogP) is 0.856. The van der Waals surface area contributed by atoms with E-state index in [2.05, 4.69) is 10.4 Å². The quantitative estimate of drug-likeness (QED) is 0.619. The lowest BCUT2D eigenvalue weighted by molar-refractivity contribution is -0.133. The Hall–Kier alpha value is -3.21.